The van der Waals surface area contributed by atoms with E-state index in [1.807, 2.05) is 19.1 Å². The standard InChI is InChI=1S/C16H20O2/c1-2-18-15(17)10-13-16(11-6-7-12-16)14-8-4-3-5-9-14/h3-5,8-10,13H,2,6-7,11-12H2,1H3/b13-10+. The van der Waals surface area contributed by atoms with E-state index < -0.39 is 0 Å². The van der Waals surface area contributed by atoms with Gasteiger partial charge in [-0.25, -0.2) is 4.79 Å². The molecule has 1 aromatic carbocycles. The van der Waals surface area contributed by atoms with Gasteiger partial charge in [0.1, 0.15) is 0 Å². The molecule has 2 nitrogen and oxygen atoms in total. The molecule has 1 aromatic rings. The minimum atomic E-state index is -0.236. The number of hydrogen-bond acceptors (Lipinski definition) is 2. The Bertz CT molecular complexity index is 414. The van der Waals surface area contributed by atoms with E-state index in [2.05, 4.69) is 24.3 Å². The molecule has 0 amide bonds. The van der Waals surface area contributed by atoms with E-state index >= 15 is 0 Å². The number of carbonyl (C=O) groups excluding carboxylic acids is 1. The summed E-state index contributed by atoms with van der Waals surface area (Å²) in [6.07, 6.45) is 8.33. The molecule has 0 atom stereocenters. The Hall–Kier alpha value is -1.57. The zero-order valence-corrected chi connectivity index (χ0v) is 10.9. The Labute approximate surface area is 109 Å². The lowest BCUT2D eigenvalue weighted by Crippen LogP contribution is -2.19. The third-order valence-corrected chi connectivity index (χ3v) is 3.67. The van der Waals surface area contributed by atoms with E-state index in [1.165, 1.54) is 18.4 Å². The van der Waals surface area contributed by atoms with Crippen molar-refractivity contribution in [3.63, 3.8) is 0 Å². The molecule has 1 aliphatic carbocycles. The number of rotatable bonds is 4. The third-order valence-electron chi connectivity index (χ3n) is 3.67. The lowest BCUT2D eigenvalue weighted by Gasteiger charge is -2.25. The van der Waals surface area contributed by atoms with Crippen LogP contribution in [0.1, 0.15) is 38.2 Å². The van der Waals surface area contributed by atoms with Gasteiger partial charge in [0.15, 0.2) is 0 Å². The van der Waals surface area contributed by atoms with Crippen molar-refractivity contribution < 1.29 is 9.53 Å². The topological polar surface area (TPSA) is 26.3 Å². The molecule has 2 rings (SSSR count). The smallest absolute Gasteiger partial charge is 0.330 e. The Morgan fingerprint density at radius 2 is 1.94 bits per heavy atom. The Balaban J connectivity index is 2.20. The minimum absolute atomic E-state index is 0.0357. The zero-order chi connectivity index (χ0) is 12.8. The predicted octanol–water partition coefficient (Wildman–Crippen LogP) is 3.62. The predicted molar refractivity (Wildman–Crippen MR) is 72.4 cm³/mol. The van der Waals surface area contributed by atoms with E-state index in [9.17, 15) is 4.79 Å². The van der Waals surface area contributed by atoms with Gasteiger partial charge in [-0.05, 0) is 25.3 Å². The molecule has 0 saturated heterocycles. The summed E-state index contributed by atoms with van der Waals surface area (Å²) in [4.78, 5) is 11.5. The average Bonchev–Trinajstić information content (AvgIpc) is 2.88. The summed E-state index contributed by atoms with van der Waals surface area (Å²) in [5, 5.41) is 0. The molecule has 0 N–H and O–H groups in total. The van der Waals surface area contributed by atoms with E-state index in [-0.39, 0.29) is 11.4 Å². The molecule has 18 heavy (non-hydrogen) atoms. The molecule has 0 heterocycles. The summed E-state index contributed by atoms with van der Waals surface area (Å²) in [5.74, 6) is -0.236. The van der Waals surface area contributed by atoms with Gasteiger partial charge >= 0.3 is 5.97 Å². The van der Waals surface area contributed by atoms with Gasteiger partial charge in [0.05, 0.1) is 6.61 Å². The molecular formula is C16H20O2. The minimum Gasteiger partial charge on any atom is -0.463 e. The van der Waals surface area contributed by atoms with Gasteiger partial charge in [0.25, 0.3) is 0 Å². The highest BCUT2D eigenvalue weighted by atomic mass is 16.5. The van der Waals surface area contributed by atoms with Crippen LogP contribution in [0.3, 0.4) is 0 Å². The number of allylic oxidation sites excluding steroid dienone is 1. The van der Waals surface area contributed by atoms with Gasteiger partial charge in [-0.1, -0.05) is 49.2 Å². The fraction of sp³-hybridized carbons (Fsp3) is 0.438. The summed E-state index contributed by atoms with van der Waals surface area (Å²) in [6.45, 7) is 2.26. The summed E-state index contributed by atoms with van der Waals surface area (Å²) in [7, 11) is 0. The first kappa shape index (κ1) is 12.9. The van der Waals surface area contributed by atoms with Crippen molar-refractivity contribution in [3.8, 4) is 0 Å². The third kappa shape index (κ3) is 2.81. The molecule has 0 spiro atoms. The summed E-state index contributed by atoms with van der Waals surface area (Å²) in [5.41, 5.74) is 1.34. The van der Waals surface area contributed by atoms with Crippen molar-refractivity contribution in [2.75, 3.05) is 6.61 Å². The largest absolute Gasteiger partial charge is 0.463 e. The number of ether oxygens (including phenoxy) is 1. The number of hydrogen-bond donors (Lipinski definition) is 0. The van der Waals surface area contributed by atoms with Gasteiger partial charge in [-0.15, -0.1) is 0 Å². The molecule has 1 saturated carbocycles. The number of esters is 1. The van der Waals surface area contributed by atoms with Crippen LogP contribution in [0.25, 0.3) is 0 Å². The summed E-state index contributed by atoms with van der Waals surface area (Å²) < 4.78 is 4.96. The number of benzene rings is 1. The molecular weight excluding hydrogens is 224 g/mol. The molecule has 0 aromatic heterocycles. The molecule has 0 bridgehead atoms. The maximum absolute atomic E-state index is 11.5. The van der Waals surface area contributed by atoms with Gasteiger partial charge in [-0.3, -0.25) is 0 Å². The van der Waals surface area contributed by atoms with Crippen molar-refractivity contribution in [2.24, 2.45) is 0 Å². The van der Waals surface area contributed by atoms with E-state index in [0.29, 0.717) is 6.61 Å². The second-order valence-corrected chi connectivity index (χ2v) is 4.81. The molecule has 1 aliphatic rings. The first-order valence-electron chi connectivity index (χ1n) is 6.68. The van der Waals surface area contributed by atoms with Crippen LogP contribution in [0.2, 0.25) is 0 Å². The van der Waals surface area contributed by atoms with Crippen LogP contribution < -0.4 is 0 Å². The molecule has 0 aliphatic heterocycles. The molecule has 2 heteroatoms. The van der Waals surface area contributed by atoms with E-state index in [1.54, 1.807) is 6.08 Å². The van der Waals surface area contributed by atoms with Gasteiger partial charge < -0.3 is 4.74 Å². The second kappa shape index (κ2) is 5.85. The molecule has 0 radical (unpaired) electrons. The van der Waals surface area contributed by atoms with Crippen LogP contribution in [0.5, 0.6) is 0 Å². The van der Waals surface area contributed by atoms with Crippen LogP contribution in [0, 0.1) is 0 Å². The first-order valence-corrected chi connectivity index (χ1v) is 6.68. The van der Waals surface area contributed by atoms with E-state index in [0.717, 1.165) is 12.8 Å². The average molecular weight is 244 g/mol. The van der Waals surface area contributed by atoms with Crippen LogP contribution in [-0.2, 0) is 14.9 Å². The van der Waals surface area contributed by atoms with E-state index in [4.69, 9.17) is 4.74 Å². The van der Waals surface area contributed by atoms with Crippen molar-refractivity contribution in [1.82, 2.24) is 0 Å². The maximum Gasteiger partial charge on any atom is 0.330 e. The summed E-state index contributed by atoms with van der Waals surface area (Å²) in [6, 6.07) is 10.5. The highest BCUT2D eigenvalue weighted by molar-refractivity contribution is 5.82. The summed E-state index contributed by atoms with van der Waals surface area (Å²) >= 11 is 0. The zero-order valence-electron chi connectivity index (χ0n) is 10.9. The second-order valence-electron chi connectivity index (χ2n) is 4.81. The van der Waals surface area contributed by atoms with Gasteiger partial charge in [-0.2, -0.15) is 0 Å². The quantitative estimate of drug-likeness (QED) is 0.597. The van der Waals surface area contributed by atoms with Crippen LogP contribution in [0.4, 0.5) is 0 Å². The number of carbonyl (C=O) groups is 1. The van der Waals surface area contributed by atoms with Crippen LogP contribution in [0.15, 0.2) is 42.5 Å². The first-order chi connectivity index (χ1) is 8.77. The monoisotopic (exact) mass is 244 g/mol. The Kier molecular flexibility index (Phi) is 4.19. The van der Waals surface area contributed by atoms with Crippen LogP contribution in [-0.4, -0.2) is 12.6 Å². The van der Waals surface area contributed by atoms with Gasteiger partial charge in [0.2, 0.25) is 0 Å². The molecule has 0 unspecified atom stereocenters. The maximum atomic E-state index is 11.5. The Morgan fingerprint density at radius 3 is 2.56 bits per heavy atom. The SMILES string of the molecule is CCOC(=O)/C=C/C1(c2ccccc2)CCCC1. The highest BCUT2D eigenvalue weighted by Crippen LogP contribution is 2.42. The van der Waals surface area contributed by atoms with Crippen molar-refractivity contribution in [2.45, 2.75) is 38.0 Å². The van der Waals surface area contributed by atoms with Gasteiger partial charge in [0, 0.05) is 11.5 Å². The Morgan fingerprint density at radius 1 is 1.28 bits per heavy atom. The van der Waals surface area contributed by atoms with Crippen LogP contribution >= 0.6 is 0 Å². The molecule has 96 valence electrons. The molecule has 1 fully saturated rings. The fourth-order valence-electron chi connectivity index (χ4n) is 2.75. The fourth-order valence-corrected chi connectivity index (χ4v) is 2.75. The van der Waals surface area contributed by atoms with Crippen molar-refractivity contribution in [3.05, 3.63) is 48.0 Å². The van der Waals surface area contributed by atoms with Crippen molar-refractivity contribution in [1.29, 1.82) is 0 Å². The van der Waals surface area contributed by atoms with Crippen molar-refractivity contribution >= 4 is 5.97 Å². The highest BCUT2D eigenvalue weighted by Gasteiger charge is 2.32. The normalized spacial score (nSPS) is 18.1. The lowest BCUT2D eigenvalue weighted by atomic mass is 9.78. The lowest BCUT2D eigenvalue weighted by molar-refractivity contribution is -0.137.